The lowest BCUT2D eigenvalue weighted by molar-refractivity contribution is 0.477. The first-order valence-corrected chi connectivity index (χ1v) is 12.5. The predicted octanol–water partition coefficient (Wildman–Crippen LogP) is 4.01. The summed E-state index contributed by atoms with van der Waals surface area (Å²) in [7, 11) is -3.36. The molecule has 1 aromatic carbocycles. The molecule has 1 aliphatic rings. The van der Waals surface area contributed by atoms with Gasteiger partial charge in [0.05, 0.1) is 11.4 Å². The summed E-state index contributed by atoms with van der Waals surface area (Å²) in [6.07, 6.45) is 1.88. The van der Waals surface area contributed by atoms with Crippen molar-refractivity contribution in [1.29, 1.82) is 0 Å². The lowest BCUT2D eigenvalue weighted by Gasteiger charge is -2.16. The van der Waals surface area contributed by atoms with Crippen LogP contribution in [0.4, 0.5) is 0 Å². The highest BCUT2D eigenvalue weighted by Crippen LogP contribution is 2.21. The second-order valence-electron chi connectivity index (χ2n) is 7.25. The van der Waals surface area contributed by atoms with E-state index in [1.165, 1.54) is 4.88 Å². The minimum atomic E-state index is -3.36. The first-order chi connectivity index (χ1) is 14.0. The summed E-state index contributed by atoms with van der Waals surface area (Å²) >= 11 is 1.77. The van der Waals surface area contributed by atoms with Gasteiger partial charge < -0.3 is 10.6 Å². The standard InChI is InChI=1S/C21H30N4O2S2.HI/c1-3-22-21(23-15-17(2)20-7-6-14-28-20)24-16-18-8-10-19(11-9-18)29(26,27)25-12-4-5-13-25;/h6-11,14,17H,3-5,12-13,15-16H2,1-2H3,(H2,22,23,24);1H. The fraction of sp³-hybridized carbons (Fsp3) is 0.476. The maximum atomic E-state index is 12.6. The molecule has 1 fully saturated rings. The molecule has 1 aromatic heterocycles. The van der Waals surface area contributed by atoms with Gasteiger partial charge in [0.15, 0.2) is 5.96 Å². The van der Waals surface area contributed by atoms with Crippen LogP contribution in [-0.4, -0.2) is 44.9 Å². The number of nitrogens with one attached hydrogen (secondary N) is 2. The molecule has 1 atom stereocenters. The minimum Gasteiger partial charge on any atom is -0.357 e. The van der Waals surface area contributed by atoms with Gasteiger partial charge in [-0.1, -0.05) is 25.1 Å². The molecule has 2 aromatic rings. The van der Waals surface area contributed by atoms with Crippen LogP contribution in [0.1, 0.15) is 43.0 Å². The summed E-state index contributed by atoms with van der Waals surface area (Å²) in [5.41, 5.74) is 0.980. The zero-order chi connectivity index (χ0) is 20.7. The Hall–Kier alpha value is -1.17. The largest absolute Gasteiger partial charge is 0.357 e. The summed E-state index contributed by atoms with van der Waals surface area (Å²) in [6.45, 7) is 7.56. The zero-order valence-electron chi connectivity index (χ0n) is 17.5. The van der Waals surface area contributed by atoms with Gasteiger partial charge in [-0.15, -0.1) is 35.3 Å². The molecule has 3 rings (SSSR count). The van der Waals surface area contributed by atoms with E-state index < -0.39 is 10.0 Å². The monoisotopic (exact) mass is 562 g/mol. The second kappa shape index (κ2) is 12.0. The Morgan fingerprint density at radius 1 is 1.17 bits per heavy atom. The third-order valence-corrected chi connectivity index (χ3v) is 8.01. The van der Waals surface area contributed by atoms with Crippen LogP contribution in [0.15, 0.2) is 51.7 Å². The van der Waals surface area contributed by atoms with Crippen LogP contribution in [0.25, 0.3) is 0 Å². The molecule has 0 aliphatic carbocycles. The van der Waals surface area contributed by atoms with E-state index in [2.05, 4.69) is 40.1 Å². The molecule has 166 valence electrons. The number of guanidine groups is 1. The Bertz CT molecular complexity index is 894. The van der Waals surface area contributed by atoms with E-state index in [0.717, 1.165) is 37.5 Å². The van der Waals surface area contributed by atoms with Crippen LogP contribution in [0, 0.1) is 0 Å². The highest BCUT2D eigenvalue weighted by molar-refractivity contribution is 14.0. The summed E-state index contributed by atoms with van der Waals surface area (Å²) in [6, 6.07) is 11.3. The summed E-state index contributed by atoms with van der Waals surface area (Å²) < 4.78 is 26.8. The van der Waals surface area contributed by atoms with Crippen LogP contribution >= 0.6 is 35.3 Å². The van der Waals surface area contributed by atoms with Gasteiger partial charge in [0.2, 0.25) is 10.0 Å². The molecule has 1 unspecified atom stereocenters. The van der Waals surface area contributed by atoms with Gasteiger partial charge >= 0.3 is 0 Å². The maximum absolute atomic E-state index is 12.6. The summed E-state index contributed by atoms with van der Waals surface area (Å²) in [4.78, 5) is 6.36. The van der Waals surface area contributed by atoms with E-state index in [9.17, 15) is 8.42 Å². The average Bonchev–Trinajstić information content (AvgIpc) is 3.44. The Labute approximate surface area is 201 Å². The van der Waals surface area contributed by atoms with E-state index in [1.54, 1.807) is 27.8 Å². The Morgan fingerprint density at radius 3 is 2.47 bits per heavy atom. The summed E-state index contributed by atoms with van der Waals surface area (Å²) in [5.74, 6) is 1.18. The smallest absolute Gasteiger partial charge is 0.243 e. The second-order valence-corrected chi connectivity index (χ2v) is 10.2. The van der Waals surface area contributed by atoms with E-state index in [-0.39, 0.29) is 24.0 Å². The molecule has 30 heavy (non-hydrogen) atoms. The van der Waals surface area contributed by atoms with Gasteiger partial charge in [0.1, 0.15) is 0 Å². The highest BCUT2D eigenvalue weighted by atomic mass is 127. The molecule has 0 bridgehead atoms. The van der Waals surface area contributed by atoms with Crippen LogP contribution in [0.5, 0.6) is 0 Å². The van der Waals surface area contributed by atoms with Crippen molar-refractivity contribution in [2.75, 3.05) is 26.2 Å². The molecule has 0 saturated carbocycles. The van der Waals surface area contributed by atoms with E-state index in [0.29, 0.717) is 30.4 Å². The fourth-order valence-electron chi connectivity index (χ4n) is 3.28. The highest BCUT2D eigenvalue weighted by Gasteiger charge is 2.26. The first kappa shape index (κ1) is 25.1. The van der Waals surface area contributed by atoms with Crippen molar-refractivity contribution in [3.63, 3.8) is 0 Å². The van der Waals surface area contributed by atoms with Crippen LogP contribution < -0.4 is 10.6 Å². The SMILES string of the molecule is CCNC(=NCc1ccc(S(=O)(=O)N2CCCC2)cc1)NCC(C)c1cccs1.I. The molecular weight excluding hydrogens is 531 g/mol. The van der Waals surface area contributed by atoms with Crippen molar-refractivity contribution >= 4 is 51.3 Å². The van der Waals surface area contributed by atoms with E-state index in [1.807, 2.05) is 19.1 Å². The quantitative estimate of drug-likeness (QED) is 0.290. The number of thiophene rings is 1. The number of nitrogens with zero attached hydrogens (tertiary/aromatic N) is 2. The topological polar surface area (TPSA) is 73.8 Å². The molecule has 0 radical (unpaired) electrons. The number of halogens is 1. The normalized spacial score (nSPS) is 16.1. The molecule has 1 aliphatic heterocycles. The fourth-order valence-corrected chi connectivity index (χ4v) is 5.58. The first-order valence-electron chi connectivity index (χ1n) is 10.2. The number of rotatable bonds is 8. The average molecular weight is 563 g/mol. The molecule has 2 heterocycles. The Kier molecular flexibility index (Phi) is 10.1. The molecule has 0 amide bonds. The van der Waals surface area contributed by atoms with Gasteiger partial charge in [0, 0.05) is 37.0 Å². The molecule has 2 N–H and O–H groups in total. The maximum Gasteiger partial charge on any atom is 0.243 e. The number of aliphatic imine (C=N–C) groups is 1. The van der Waals surface area contributed by atoms with E-state index in [4.69, 9.17) is 0 Å². The van der Waals surface area contributed by atoms with Gasteiger partial charge in [-0.3, -0.25) is 0 Å². The van der Waals surface area contributed by atoms with Crippen molar-refractivity contribution in [3.05, 3.63) is 52.2 Å². The molecule has 0 spiro atoms. The molecule has 1 saturated heterocycles. The lowest BCUT2D eigenvalue weighted by Crippen LogP contribution is -2.39. The van der Waals surface area contributed by atoms with Gasteiger partial charge in [0.25, 0.3) is 0 Å². The van der Waals surface area contributed by atoms with Gasteiger partial charge in [-0.05, 0) is 48.9 Å². The van der Waals surface area contributed by atoms with Crippen molar-refractivity contribution < 1.29 is 8.42 Å². The third kappa shape index (κ3) is 6.66. The van der Waals surface area contributed by atoms with Crippen LogP contribution in [0.3, 0.4) is 0 Å². The molecular formula is C21H31IN4O2S2. The zero-order valence-corrected chi connectivity index (χ0v) is 21.5. The Morgan fingerprint density at radius 2 is 1.87 bits per heavy atom. The van der Waals surface area contributed by atoms with Crippen LogP contribution in [0.2, 0.25) is 0 Å². The van der Waals surface area contributed by atoms with E-state index >= 15 is 0 Å². The van der Waals surface area contributed by atoms with Crippen molar-refractivity contribution in [3.8, 4) is 0 Å². The summed E-state index contributed by atoms with van der Waals surface area (Å²) in [5, 5.41) is 8.76. The van der Waals surface area contributed by atoms with Crippen molar-refractivity contribution in [2.45, 2.75) is 44.0 Å². The van der Waals surface area contributed by atoms with Gasteiger partial charge in [-0.2, -0.15) is 4.31 Å². The lowest BCUT2D eigenvalue weighted by atomic mass is 10.1. The number of benzene rings is 1. The predicted molar refractivity (Wildman–Crippen MR) is 135 cm³/mol. The number of hydrogen-bond donors (Lipinski definition) is 2. The van der Waals surface area contributed by atoms with Crippen LogP contribution in [-0.2, 0) is 16.6 Å². The number of sulfonamides is 1. The number of hydrogen-bond acceptors (Lipinski definition) is 4. The minimum absolute atomic E-state index is 0. The van der Waals surface area contributed by atoms with Gasteiger partial charge in [-0.25, -0.2) is 13.4 Å². The van der Waals surface area contributed by atoms with Crippen molar-refractivity contribution in [2.24, 2.45) is 4.99 Å². The van der Waals surface area contributed by atoms with Crippen molar-refractivity contribution in [1.82, 2.24) is 14.9 Å². The third-order valence-electron chi connectivity index (χ3n) is 4.99. The Balaban J connectivity index is 0.00000320. The molecule has 9 heteroatoms. The molecule has 6 nitrogen and oxygen atoms in total.